The van der Waals surface area contributed by atoms with Gasteiger partial charge in [0.2, 0.25) is 0 Å². The van der Waals surface area contributed by atoms with Gasteiger partial charge in [0.05, 0.1) is 0 Å². The fourth-order valence-electron chi connectivity index (χ4n) is 4.92. The summed E-state index contributed by atoms with van der Waals surface area (Å²) in [5, 5.41) is 4.87. The topological polar surface area (TPSA) is 0 Å². The van der Waals surface area contributed by atoms with Crippen LogP contribution in [-0.4, -0.2) is 0 Å². The van der Waals surface area contributed by atoms with Gasteiger partial charge in [-0.15, -0.1) is 0 Å². The summed E-state index contributed by atoms with van der Waals surface area (Å²) in [7, 11) is 0. The average Bonchev–Trinajstić information content (AvgIpc) is 3.25. The Bertz CT molecular complexity index is 475. The van der Waals surface area contributed by atoms with Gasteiger partial charge in [0.15, 0.2) is 0 Å². The number of hydrogen-bond acceptors (Lipinski definition) is 1. The third-order valence-electron chi connectivity index (χ3n) is 7.18. The summed E-state index contributed by atoms with van der Waals surface area (Å²) in [6.07, 6.45) is 35.9. The van der Waals surface area contributed by atoms with Crippen LogP contribution >= 0.6 is 11.3 Å². The van der Waals surface area contributed by atoms with E-state index in [-0.39, 0.29) is 0 Å². The average molecular weight is 463 g/mol. The molecule has 0 atom stereocenters. The summed E-state index contributed by atoms with van der Waals surface area (Å²) in [5.74, 6) is 0. The minimum Gasteiger partial charge on any atom is -0.152 e. The number of unbranched alkanes of at least 4 members (excludes halogenated alkanes) is 21. The molecule has 0 saturated carbocycles. The highest BCUT2D eigenvalue weighted by atomic mass is 32.1. The van der Waals surface area contributed by atoms with Crippen LogP contribution in [0.15, 0.2) is 10.8 Å². The number of aryl methyl sites for hydroxylation is 2. The molecule has 0 unspecified atom stereocenters. The fraction of sp³-hybridized carbons (Fsp3) is 0.871. The van der Waals surface area contributed by atoms with E-state index in [1.807, 2.05) is 11.3 Å². The Kier molecular flexibility index (Phi) is 22.2. The summed E-state index contributed by atoms with van der Waals surface area (Å²) in [4.78, 5) is 0. The van der Waals surface area contributed by atoms with Crippen LogP contribution in [0.3, 0.4) is 0 Å². The van der Waals surface area contributed by atoms with Crippen LogP contribution in [0.2, 0.25) is 0 Å². The highest BCUT2D eigenvalue weighted by Gasteiger charge is 2.04. The Morgan fingerprint density at radius 1 is 0.375 bits per heavy atom. The van der Waals surface area contributed by atoms with Crippen molar-refractivity contribution >= 4 is 11.3 Å². The molecule has 188 valence electrons. The smallest absolute Gasteiger partial charge is 0.00584 e. The Labute approximate surface area is 207 Å². The molecule has 0 nitrogen and oxygen atoms in total. The molecule has 0 aliphatic rings. The molecule has 0 aliphatic heterocycles. The highest BCUT2D eigenvalue weighted by molar-refractivity contribution is 7.08. The second-order valence-corrected chi connectivity index (χ2v) is 11.1. The van der Waals surface area contributed by atoms with E-state index < -0.39 is 0 Å². The van der Waals surface area contributed by atoms with Crippen LogP contribution in [0.1, 0.15) is 173 Å². The van der Waals surface area contributed by atoms with E-state index in [1.54, 1.807) is 11.1 Å². The van der Waals surface area contributed by atoms with E-state index >= 15 is 0 Å². The van der Waals surface area contributed by atoms with Crippen LogP contribution in [-0.2, 0) is 12.8 Å². The molecule has 0 amide bonds. The van der Waals surface area contributed by atoms with Crippen LogP contribution in [0, 0.1) is 0 Å². The maximum absolute atomic E-state index is 2.44. The van der Waals surface area contributed by atoms with Gasteiger partial charge in [0, 0.05) is 0 Å². The monoisotopic (exact) mass is 462 g/mol. The Morgan fingerprint density at radius 3 is 0.906 bits per heavy atom. The lowest BCUT2D eigenvalue weighted by Gasteiger charge is -2.06. The molecular weight excluding hydrogens is 404 g/mol. The SMILES string of the molecule is CCCCCCCCCCCCCCCCc1cscc1CCCCCCCCCCC. The largest absolute Gasteiger partial charge is 0.152 e. The van der Waals surface area contributed by atoms with Crippen LogP contribution in [0.4, 0.5) is 0 Å². The predicted molar refractivity (Wildman–Crippen MR) is 149 cm³/mol. The van der Waals surface area contributed by atoms with Gasteiger partial charge in [-0.1, -0.05) is 149 Å². The molecule has 1 aromatic rings. The van der Waals surface area contributed by atoms with E-state index in [4.69, 9.17) is 0 Å². The van der Waals surface area contributed by atoms with Crippen molar-refractivity contribution in [3.63, 3.8) is 0 Å². The second kappa shape index (κ2) is 23.8. The van der Waals surface area contributed by atoms with E-state index in [0.717, 1.165) is 0 Å². The molecular formula is C31H58S. The molecule has 32 heavy (non-hydrogen) atoms. The van der Waals surface area contributed by atoms with Gasteiger partial charge in [0.1, 0.15) is 0 Å². The molecule has 0 fully saturated rings. The standard InChI is InChI=1S/C31H58S/c1-3-5-7-9-11-13-14-15-16-17-19-21-23-25-27-31-29-32-28-30(31)26-24-22-20-18-12-10-8-6-4-2/h28-29H,3-27H2,1-2H3. The maximum Gasteiger partial charge on any atom is -0.00584 e. The maximum atomic E-state index is 2.44. The molecule has 0 radical (unpaired) electrons. The summed E-state index contributed by atoms with van der Waals surface area (Å²) < 4.78 is 0. The van der Waals surface area contributed by atoms with Crippen LogP contribution < -0.4 is 0 Å². The zero-order valence-electron chi connectivity index (χ0n) is 22.2. The third-order valence-corrected chi connectivity index (χ3v) is 8.02. The van der Waals surface area contributed by atoms with Crippen molar-refractivity contribution in [3.05, 3.63) is 21.9 Å². The third kappa shape index (κ3) is 18.2. The van der Waals surface area contributed by atoms with Crippen molar-refractivity contribution in [3.8, 4) is 0 Å². The van der Waals surface area contributed by atoms with Gasteiger partial charge in [-0.05, 0) is 47.6 Å². The van der Waals surface area contributed by atoms with Crippen molar-refractivity contribution in [2.24, 2.45) is 0 Å². The molecule has 1 heterocycles. The van der Waals surface area contributed by atoms with Crippen molar-refractivity contribution in [1.82, 2.24) is 0 Å². The minimum atomic E-state index is 1.33. The molecule has 0 saturated heterocycles. The second-order valence-electron chi connectivity index (χ2n) is 10.3. The van der Waals surface area contributed by atoms with Gasteiger partial charge in [-0.2, -0.15) is 11.3 Å². The first-order chi connectivity index (χ1) is 15.9. The van der Waals surface area contributed by atoms with Crippen molar-refractivity contribution < 1.29 is 0 Å². The van der Waals surface area contributed by atoms with Crippen molar-refractivity contribution in [1.29, 1.82) is 0 Å². The number of thiophene rings is 1. The normalized spacial score (nSPS) is 11.4. The molecule has 1 aromatic heterocycles. The number of rotatable bonds is 25. The lowest BCUT2D eigenvalue weighted by atomic mass is 10.00. The quantitative estimate of drug-likeness (QED) is 0.127. The summed E-state index contributed by atoms with van der Waals surface area (Å²) >= 11 is 1.93. The molecule has 0 bridgehead atoms. The lowest BCUT2D eigenvalue weighted by molar-refractivity contribution is 0.535. The Morgan fingerprint density at radius 2 is 0.625 bits per heavy atom. The zero-order valence-corrected chi connectivity index (χ0v) is 23.1. The number of hydrogen-bond donors (Lipinski definition) is 0. The van der Waals surface area contributed by atoms with E-state index in [9.17, 15) is 0 Å². The summed E-state index contributed by atoms with van der Waals surface area (Å²) in [5.41, 5.74) is 3.35. The molecule has 0 aromatic carbocycles. The highest BCUT2D eigenvalue weighted by Crippen LogP contribution is 2.21. The van der Waals surface area contributed by atoms with Gasteiger partial charge in [-0.3, -0.25) is 0 Å². The molecule has 1 rings (SSSR count). The first-order valence-corrected chi connectivity index (χ1v) is 15.9. The molecule has 0 aliphatic carbocycles. The van der Waals surface area contributed by atoms with Crippen LogP contribution in [0.5, 0.6) is 0 Å². The zero-order chi connectivity index (χ0) is 23.0. The first-order valence-electron chi connectivity index (χ1n) is 14.9. The van der Waals surface area contributed by atoms with Crippen molar-refractivity contribution in [2.75, 3.05) is 0 Å². The predicted octanol–water partition coefficient (Wildman–Crippen LogP) is 11.8. The van der Waals surface area contributed by atoms with Gasteiger partial charge in [-0.25, -0.2) is 0 Å². The van der Waals surface area contributed by atoms with E-state index in [0.29, 0.717) is 0 Å². The first kappa shape index (κ1) is 29.7. The van der Waals surface area contributed by atoms with Gasteiger partial charge >= 0.3 is 0 Å². The minimum absolute atomic E-state index is 1.33. The summed E-state index contributed by atoms with van der Waals surface area (Å²) in [6, 6.07) is 0. The fourth-order valence-corrected chi connectivity index (χ4v) is 5.86. The molecule has 1 heteroatoms. The van der Waals surface area contributed by atoms with Crippen LogP contribution in [0.25, 0.3) is 0 Å². The van der Waals surface area contributed by atoms with E-state index in [1.165, 1.54) is 161 Å². The van der Waals surface area contributed by atoms with Gasteiger partial charge < -0.3 is 0 Å². The Balaban J connectivity index is 1.88. The summed E-state index contributed by atoms with van der Waals surface area (Å²) in [6.45, 7) is 4.61. The molecule has 0 spiro atoms. The lowest BCUT2D eigenvalue weighted by Crippen LogP contribution is -1.92. The Hall–Kier alpha value is -0.300. The molecule has 0 N–H and O–H groups in total. The van der Waals surface area contributed by atoms with E-state index in [2.05, 4.69) is 24.6 Å². The van der Waals surface area contributed by atoms with Gasteiger partial charge in [0.25, 0.3) is 0 Å². The van der Waals surface area contributed by atoms with Crippen molar-refractivity contribution in [2.45, 2.75) is 174 Å².